The van der Waals surface area contributed by atoms with Gasteiger partial charge in [0.25, 0.3) is 0 Å². The van der Waals surface area contributed by atoms with Gasteiger partial charge in [0.05, 0.1) is 10.7 Å². The molecule has 0 bridgehead atoms. The Balaban J connectivity index is 1.91. The van der Waals surface area contributed by atoms with Gasteiger partial charge in [-0.2, -0.15) is 0 Å². The highest BCUT2D eigenvalue weighted by Gasteiger charge is 2.16. The molecule has 0 saturated heterocycles. The van der Waals surface area contributed by atoms with E-state index in [1.54, 1.807) is 0 Å². The van der Waals surface area contributed by atoms with Gasteiger partial charge in [0, 0.05) is 38.6 Å². The van der Waals surface area contributed by atoms with Crippen molar-refractivity contribution in [3.05, 3.63) is 40.7 Å². The van der Waals surface area contributed by atoms with Gasteiger partial charge < -0.3 is 10.8 Å². The summed E-state index contributed by atoms with van der Waals surface area (Å²) in [6.45, 7) is 0. The number of rotatable bonds is 8. The number of carbonyl (C=O) groups is 1. The minimum absolute atomic E-state index is 0.00259. The van der Waals surface area contributed by atoms with Gasteiger partial charge >= 0.3 is 5.97 Å². The summed E-state index contributed by atoms with van der Waals surface area (Å²) in [4.78, 5) is 15.1. The average molecular weight is 353 g/mol. The van der Waals surface area contributed by atoms with Crippen molar-refractivity contribution in [2.45, 2.75) is 18.9 Å². The maximum Gasteiger partial charge on any atom is 0.320 e. The van der Waals surface area contributed by atoms with Crippen LogP contribution in [0.1, 0.15) is 11.4 Å². The van der Waals surface area contributed by atoms with Crippen molar-refractivity contribution in [1.82, 2.24) is 4.98 Å². The molecule has 2 aromatic rings. The van der Waals surface area contributed by atoms with Gasteiger partial charge in [-0.1, -0.05) is 30.3 Å². The zero-order chi connectivity index (χ0) is 16.9. The maximum atomic E-state index is 12.2. The van der Waals surface area contributed by atoms with E-state index in [2.05, 4.69) is 4.98 Å². The van der Waals surface area contributed by atoms with Crippen molar-refractivity contribution in [2.75, 3.05) is 11.5 Å². The number of hydrogen-bond donors (Lipinski definition) is 3. The highest BCUT2D eigenvalue weighted by molar-refractivity contribution is 7.92. The van der Waals surface area contributed by atoms with Gasteiger partial charge in [0.2, 0.25) is 0 Å². The van der Waals surface area contributed by atoms with Crippen molar-refractivity contribution in [2.24, 2.45) is 5.73 Å². The third-order valence-corrected chi connectivity index (χ3v) is 6.01. The number of aryl methyl sites for hydroxylation is 1. The van der Waals surface area contributed by atoms with E-state index in [1.807, 2.05) is 35.7 Å². The third kappa shape index (κ3) is 5.42. The maximum absolute atomic E-state index is 12.2. The predicted octanol–water partition coefficient (Wildman–Crippen LogP) is 2.20. The fourth-order valence-corrected chi connectivity index (χ4v) is 4.26. The number of nitrogens with one attached hydrogen (secondary N) is 1. The van der Waals surface area contributed by atoms with Crippen LogP contribution >= 0.6 is 11.3 Å². The van der Waals surface area contributed by atoms with Crippen LogP contribution in [0.25, 0.3) is 11.3 Å². The molecule has 0 radical (unpaired) electrons. The Labute approximate surface area is 139 Å². The number of aliphatic carboxylic acids is 1. The normalized spacial score (nSPS) is 15.0. The molecule has 0 fully saturated rings. The molecule has 1 unspecified atom stereocenters. The second-order valence-electron chi connectivity index (χ2n) is 5.20. The molecule has 0 amide bonds. The predicted molar refractivity (Wildman–Crippen MR) is 92.1 cm³/mol. The molecular weight excluding hydrogens is 334 g/mol. The van der Waals surface area contributed by atoms with Gasteiger partial charge in [-0.05, 0) is 6.42 Å². The molecule has 1 aromatic carbocycles. The Morgan fingerprint density at radius 3 is 2.70 bits per heavy atom. The van der Waals surface area contributed by atoms with Crippen molar-refractivity contribution in [3.8, 4) is 11.3 Å². The molecule has 0 aliphatic rings. The fourth-order valence-electron chi connectivity index (χ4n) is 1.96. The molecule has 1 heterocycles. The summed E-state index contributed by atoms with van der Waals surface area (Å²) in [7, 11) is -2.84. The molecule has 23 heavy (non-hydrogen) atoms. The first-order valence-corrected chi connectivity index (χ1v) is 9.87. The lowest BCUT2D eigenvalue weighted by Gasteiger charge is -2.09. The SMILES string of the molecule is N=S(=O)(CCc1nc(-c2ccccc2)cs1)CC[C@H](N)C(=O)O. The van der Waals surface area contributed by atoms with Crippen LogP contribution in [0, 0.1) is 4.78 Å². The average Bonchev–Trinajstić information content (AvgIpc) is 3.01. The van der Waals surface area contributed by atoms with Crippen LogP contribution < -0.4 is 5.73 Å². The van der Waals surface area contributed by atoms with Crippen molar-refractivity contribution in [1.29, 1.82) is 4.78 Å². The quantitative estimate of drug-likeness (QED) is 0.672. The molecule has 0 aliphatic heterocycles. The standard InChI is InChI=1S/C15H19N3O3S2/c16-12(15(19)20)6-8-23(17,21)9-7-14-18-13(10-22-14)11-4-2-1-3-5-11/h1-5,10,12,17H,6-9,16H2,(H,19,20)/t12-,23?/m0/s1. The zero-order valence-corrected chi connectivity index (χ0v) is 14.1. The lowest BCUT2D eigenvalue weighted by molar-refractivity contribution is -0.138. The van der Waals surface area contributed by atoms with E-state index in [-0.39, 0.29) is 17.9 Å². The van der Waals surface area contributed by atoms with Crippen molar-refractivity contribution >= 4 is 27.0 Å². The molecule has 124 valence electrons. The molecule has 1 aromatic heterocycles. The summed E-state index contributed by atoms with van der Waals surface area (Å²) in [5.74, 6) is -0.967. The van der Waals surface area contributed by atoms with Crippen LogP contribution in [0.4, 0.5) is 0 Å². The zero-order valence-electron chi connectivity index (χ0n) is 12.5. The van der Waals surface area contributed by atoms with Gasteiger partial charge in [-0.25, -0.2) is 9.19 Å². The van der Waals surface area contributed by atoms with E-state index in [1.165, 1.54) is 11.3 Å². The van der Waals surface area contributed by atoms with Gasteiger partial charge in [0.15, 0.2) is 0 Å². The number of carboxylic acids is 1. The van der Waals surface area contributed by atoms with Crippen LogP contribution in [-0.2, 0) is 20.9 Å². The number of benzene rings is 1. The summed E-state index contributed by atoms with van der Waals surface area (Å²) in [6, 6.07) is 8.70. The Kier molecular flexibility index (Phi) is 5.86. The van der Waals surface area contributed by atoms with E-state index in [4.69, 9.17) is 15.6 Å². The first-order valence-electron chi connectivity index (χ1n) is 7.10. The molecular formula is C15H19N3O3S2. The van der Waals surface area contributed by atoms with Gasteiger partial charge in [-0.15, -0.1) is 11.3 Å². The molecule has 2 rings (SSSR count). The molecule has 0 saturated carbocycles. The monoisotopic (exact) mass is 353 g/mol. The third-order valence-electron chi connectivity index (χ3n) is 3.34. The molecule has 0 aliphatic carbocycles. The van der Waals surface area contributed by atoms with E-state index in [0.29, 0.717) is 6.42 Å². The topological polar surface area (TPSA) is 117 Å². The minimum atomic E-state index is -2.84. The number of aromatic nitrogens is 1. The Morgan fingerprint density at radius 1 is 1.35 bits per heavy atom. The molecule has 6 nitrogen and oxygen atoms in total. The summed E-state index contributed by atoms with van der Waals surface area (Å²) in [5, 5.41) is 11.5. The second-order valence-corrected chi connectivity index (χ2v) is 8.58. The largest absolute Gasteiger partial charge is 0.480 e. The first-order chi connectivity index (χ1) is 10.9. The lowest BCUT2D eigenvalue weighted by atomic mass is 10.2. The van der Waals surface area contributed by atoms with Crippen molar-refractivity contribution < 1.29 is 14.1 Å². The number of hydrogen-bond acceptors (Lipinski definition) is 6. The molecule has 2 atom stereocenters. The summed E-state index contributed by atoms with van der Waals surface area (Å²) >= 11 is 1.48. The molecule has 4 N–H and O–H groups in total. The van der Waals surface area contributed by atoms with Crippen LogP contribution in [-0.4, -0.2) is 37.8 Å². The van der Waals surface area contributed by atoms with Gasteiger partial charge in [-0.3, -0.25) is 9.57 Å². The highest BCUT2D eigenvalue weighted by Crippen LogP contribution is 2.22. The van der Waals surface area contributed by atoms with Crippen LogP contribution in [0.5, 0.6) is 0 Å². The lowest BCUT2D eigenvalue weighted by Crippen LogP contribution is -2.32. The molecule has 8 heteroatoms. The second kappa shape index (κ2) is 7.67. The van der Waals surface area contributed by atoms with Crippen molar-refractivity contribution in [3.63, 3.8) is 0 Å². The number of thiazole rings is 1. The minimum Gasteiger partial charge on any atom is -0.480 e. The summed E-state index contributed by atoms with van der Waals surface area (Å²) in [6.07, 6.45) is 0.493. The fraction of sp³-hybridized carbons (Fsp3) is 0.333. The first kappa shape index (κ1) is 17.6. The summed E-state index contributed by atoms with van der Waals surface area (Å²) in [5.41, 5.74) is 7.27. The number of nitrogens with zero attached hydrogens (tertiary/aromatic N) is 1. The van der Waals surface area contributed by atoms with Crippen LogP contribution in [0.15, 0.2) is 35.7 Å². The Hall–Kier alpha value is -1.77. The Bertz CT molecular complexity index is 757. The Morgan fingerprint density at radius 2 is 2.04 bits per heavy atom. The van der Waals surface area contributed by atoms with Gasteiger partial charge in [0.1, 0.15) is 6.04 Å². The number of carboxylic acid groups (broad SMARTS) is 1. The smallest absolute Gasteiger partial charge is 0.320 e. The van der Waals surface area contributed by atoms with E-state index in [0.717, 1.165) is 16.3 Å². The van der Waals surface area contributed by atoms with E-state index < -0.39 is 21.7 Å². The highest BCUT2D eigenvalue weighted by atomic mass is 32.2. The number of nitrogens with two attached hydrogens (primary N) is 1. The van der Waals surface area contributed by atoms with E-state index >= 15 is 0 Å². The summed E-state index contributed by atoms with van der Waals surface area (Å²) < 4.78 is 20.0. The van der Waals surface area contributed by atoms with E-state index in [9.17, 15) is 9.00 Å². The molecule has 0 spiro atoms. The van der Waals surface area contributed by atoms with Crippen LogP contribution in [0.2, 0.25) is 0 Å². The van der Waals surface area contributed by atoms with Crippen LogP contribution in [0.3, 0.4) is 0 Å².